The molecule has 1 N–H and O–H groups in total. The number of halogens is 1. The van der Waals surface area contributed by atoms with Gasteiger partial charge in [-0.15, -0.1) is 0 Å². The maximum absolute atomic E-state index is 4.50. The molecule has 1 atom stereocenters. The molecule has 0 aliphatic carbocycles. The number of aryl methyl sites for hydroxylation is 1. The number of hydrogen-bond acceptors (Lipinski definition) is 3. The standard InChI is InChI=1S/C11H13BrN2S/c1-7-5-9(12)3-4-10(7)14-11-13-8(2)6-15-11/h3-5,8H,6H2,1-2H3,(H,13,14). The first-order valence-corrected chi connectivity index (χ1v) is 6.67. The van der Waals surface area contributed by atoms with E-state index in [2.05, 4.69) is 52.2 Å². The second-order valence-corrected chi connectivity index (χ2v) is 5.60. The third-order valence-corrected chi connectivity index (χ3v) is 3.85. The highest BCUT2D eigenvalue weighted by atomic mass is 79.9. The van der Waals surface area contributed by atoms with Gasteiger partial charge in [0.2, 0.25) is 0 Å². The largest absolute Gasteiger partial charge is 0.335 e. The fourth-order valence-corrected chi connectivity index (χ4v) is 2.81. The Bertz CT molecular complexity index is 404. The number of thioether (sulfide) groups is 1. The van der Waals surface area contributed by atoms with Gasteiger partial charge in [0.15, 0.2) is 5.17 Å². The van der Waals surface area contributed by atoms with Gasteiger partial charge in [-0.3, -0.25) is 4.99 Å². The molecule has 80 valence electrons. The molecule has 2 nitrogen and oxygen atoms in total. The Labute approximate surface area is 103 Å². The molecule has 0 bridgehead atoms. The van der Waals surface area contributed by atoms with Crippen molar-refractivity contribution in [2.24, 2.45) is 4.99 Å². The van der Waals surface area contributed by atoms with Gasteiger partial charge < -0.3 is 5.32 Å². The minimum atomic E-state index is 0.438. The number of amidine groups is 1. The van der Waals surface area contributed by atoms with E-state index >= 15 is 0 Å². The Morgan fingerprint density at radius 2 is 2.33 bits per heavy atom. The summed E-state index contributed by atoms with van der Waals surface area (Å²) in [6, 6.07) is 6.66. The molecule has 0 saturated heterocycles. The number of hydrogen-bond donors (Lipinski definition) is 1. The quantitative estimate of drug-likeness (QED) is 0.851. The SMILES string of the molecule is Cc1cc(Br)ccc1NC1=NC(C)CS1. The van der Waals surface area contributed by atoms with Crippen LogP contribution in [0.2, 0.25) is 0 Å². The van der Waals surface area contributed by atoms with Crippen LogP contribution in [0.5, 0.6) is 0 Å². The summed E-state index contributed by atoms with van der Waals surface area (Å²) in [7, 11) is 0. The summed E-state index contributed by atoms with van der Waals surface area (Å²) in [4.78, 5) is 4.50. The third-order valence-electron chi connectivity index (χ3n) is 2.23. The zero-order chi connectivity index (χ0) is 10.8. The second kappa shape index (κ2) is 4.58. The second-order valence-electron chi connectivity index (χ2n) is 3.68. The molecule has 0 saturated carbocycles. The van der Waals surface area contributed by atoms with Crippen molar-refractivity contribution >= 4 is 38.5 Å². The first-order chi connectivity index (χ1) is 7.15. The number of anilines is 1. The molecule has 0 spiro atoms. The summed E-state index contributed by atoms with van der Waals surface area (Å²) in [6.07, 6.45) is 0. The molecule has 0 radical (unpaired) electrons. The summed E-state index contributed by atoms with van der Waals surface area (Å²) < 4.78 is 1.11. The molecule has 2 rings (SSSR count). The van der Waals surface area contributed by atoms with E-state index in [1.54, 1.807) is 11.8 Å². The topological polar surface area (TPSA) is 24.4 Å². The molecule has 1 unspecified atom stereocenters. The van der Waals surface area contributed by atoms with E-state index in [1.165, 1.54) is 5.56 Å². The van der Waals surface area contributed by atoms with Crippen molar-refractivity contribution in [1.29, 1.82) is 0 Å². The summed E-state index contributed by atoms with van der Waals surface area (Å²) in [6.45, 7) is 4.23. The molecule has 1 aliphatic rings. The van der Waals surface area contributed by atoms with E-state index < -0.39 is 0 Å². The van der Waals surface area contributed by atoms with E-state index in [0.29, 0.717) is 6.04 Å². The molecule has 0 amide bonds. The first-order valence-electron chi connectivity index (χ1n) is 4.89. The van der Waals surface area contributed by atoms with Crippen molar-refractivity contribution in [3.63, 3.8) is 0 Å². The van der Waals surface area contributed by atoms with E-state index in [4.69, 9.17) is 0 Å². The molecule has 1 aliphatic heterocycles. The van der Waals surface area contributed by atoms with E-state index in [0.717, 1.165) is 21.1 Å². The Kier molecular flexibility index (Phi) is 3.36. The first kappa shape index (κ1) is 11.0. The van der Waals surface area contributed by atoms with Gasteiger partial charge in [0.1, 0.15) is 0 Å². The highest BCUT2D eigenvalue weighted by Crippen LogP contribution is 2.24. The number of aliphatic imine (C=N–C) groups is 1. The van der Waals surface area contributed by atoms with Crippen molar-refractivity contribution in [2.75, 3.05) is 11.1 Å². The molecule has 4 heteroatoms. The van der Waals surface area contributed by atoms with Gasteiger partial charge in [-0.05, 0) is 37.6 Å². The lowest BCUT2D eigenvalue weighted by molar-refractivity contribution is 0.865. The summed E-state index contributed by atoms with van der Waals surface area (Å²) >= 11 is 5.24. The van der Waals surface area contributed by atoms with Crippen molar-refractivity contribution in [3.05, 3.63) is 28.2 Å². The lowest BCUT2D eigenvalue weighted by atomic mass is 10.2. The van der Waals surface area contributed by atoms with Gasteiger partial charge in [-0.2, -0.15) is 0 Å². The number of benzene rings is 1. The van der Waals surface area contributed by atoms with Gasteiger partial charge >= 0.3 is 0 Å². The van der Waals surface area contributed by atoms with Gasteiger partial charge in [0, 0.05) is 15.9 Å². The Morgan fingerprint density at radius 3 is 2.93 bits per heavy atom. The predicted molar refractivity (Wildman–Crippen MR) is 71.9 cm³/mol. The average molecular weight is 285 g/mol. The minimum Gasteiger partial charge on any atom is -0.335 e. The molecule has 0 fully saturated rings. The average Bonchev–Trinajstić information content (AvgIpc) is 2.56. The van der Waals surface area contributed by atoms with E-state index in [1.807, 2.05) is 6.07 Å². The van der Waals surface area contributed by atoms with Crippen molar-refractivity contribution in [1.82, 2.24) is 0 Å². The zero-order valence-electron chi connectivity index (χ0n) is 8.75. The van der Waals surface area contributed by atoms with Crippen LogP contribution in [-0.2, 0) is 0 Å². The maximum Gasteiger partial charge on any atom is 0.161 e. The fraction of sp³-hybridized carbons (Fsp3) is 0.364. The highest BCUT2D eigenvalue weighted by Gasteiger charge is 2.14. The zero-order valence-corrected chi connectivity index (χ0v) is 11.2. The summed E-state index contributed by atoms with van der Waals surface area (Å²) in [5.41, 5.74) is 2.37. The molecule has 1 heterocycles. The normalized spacial score (nSPS) is 20.2. The Morgan fingerprint density at radius 1 is 1.53 bits per heavy atom. The minimum absolute atomic E-state index is 0.438. The Balaban J connectivity index is 2.14. The molecule has 0 aromatic heterocycles. The molecular formula is C11H13BrN2S. The molecule has 1 aromatic rings. The number of rotatable bonds is 1. The molecule has 15 heavy (non-hydrogen) atoms. The van der Waals surface area contributed by atoms with Gasteiger partial charge in [-0.25, -0.2) is 0 Å². The highest BCUT2D eigenvalue weighted by molar-refractivity contribution is 9.10. The lowest BCUT2D eigenvalue weighted by Gasteiger charge is -2.08. The fourth-order valence-electron chi connectivity index (χ4n) is 1.43. The van der Waals surface area contributed by atoms with Crippen LogP contribution in [0.15, 0.2) is 27.7 Å². The summed E-state index contributed by atoms with van der Waals surface area (Å²) in [5.74, 6) is 1.08. The third kappa shape index (κ3) is 2.75. The summed E-state index contributed by atoms with van der Waals surface area (Å²) in [5, 5.41) is 4.39. The van der Waals surface area contributed by atoms with Crippen LogP contribution >= 0.6 is 27.7 Å². The van der Waals surface area contributed by atoms with Gasteiger partial charge in [0.05, 0.1) is 6.04 Å². The van der Waals surface area contributed by atoms with Gasteiger partial charge in [-0.1, -0.05) is 27.7 Å². The molecular weight excluding hydrogens is 272 g/mol. The maximum atomic E-state index is 4.50. The Hall–Kier alpha value is -0.480. The van der Waals surface area contributed by atoms with Crippen molar-refractivity contribution in [3.8, 4) is 0 Å². The van der Waals surface area contributed by atoms with Crippen LogP contribution in [-0.4, -0.2) is 17.0 Å². The lowest BCUT2D eigenvalue weighted by Crippen LogP contribution is -2.06. The molecule has 1 aromatic carbocycles. The van der Waals surface area contributed by atoms with Crippen LogP contribution in [0.3, 0.4) is 0 Å². The van der Waals surface area contributed by atoms with Crippen LogP contribution < -0.4 is 5.32 Å². The van der Waals surface area contributed by atoms with Crippen LogP contribution in [0.1, 0.15) is 12.5 Å². The van der Waals surface area contributed by atoms with E-state index in [-0.39, 0.29) is 0 Å². The number of nitrogens with zero attached hydrogens (tertiary/aromatic N) is 1. The number of nitrogens with one attached hydrogen (secondary N) is 1. The van der Waals surface area contributed by atoms with Crippen LogP contribution in [0.4, 0.5) is 5.69 Å². The van der Waals surface area contributed by atoms with Crippen LogP contribution in [0, 0.1) is 6.92 Å². The smallest absolute Gasteiger partial charge is 0.161 e. The predicted octanol–water partition coefficient (Wildman–Crippen LogP) is 3.66. The van der Waals surface area contributed by atoms with Crippen LogP contribution in [0.25, 0.3) is 0 Å². The van der Waals surface area contributed by atoms with E-state index in [9.17, 15) is 0 Å². The van der Waals surface area contributed by atoms with Gasteiger partial charge in [0.25, 0.3) is 0 Å². The van der Waals surface area contributed by atoms with Crippen molar-refractivity contribution in [2.45, 2.75) is 19.9 Å². The van der Waals surface area contributed by atoms with Crippen molar-refractivity contribution < 1.29 is 0 Å². The monoisotopic (exact) mass is 284 g/mol.